The van der Waals surface area contributed by atoms with E-state index in [1.54, 1.807) is 0 Å². The Morgan fingerprint density at radius 3 is 2.87 bits per heavy atom. The first-order chi connectivity index (χ1) is 7.15. The summed E-state index contributed by atoms with van der Waals surface area (Å²) in [5.74, 6) is 1.71. The zero-order chi connectivity index (χ0) is 10.9. The molecule has 0 bridgehead atoms. The molecule has 15 heavy (non-hydrogen) atoms. The van der Waals surface area contributed by atoms with Crippen LogP contribution in [0.3, 0.4) is 0 Å². The van der Waals surface area contributed by atoms with Crippen LogP contribution in [0.25, 0.3) is 0 Å². The Kier molecular flexibility index (Phi) is 3.21. The Morgan fingerprint density at radius 2 is 2.33 bits per heavy atom. The number of hydrogen-bond acceptors (Lipinski definition) is 2. The summed E-state index contributed by atoms with van der Waals surface area (Å²) in [6.45, 7) is 2.99. The molecule has 1 heterocycles. The predicted molar refractivity (Wildman–Crippen MR) is 67.6 cm³/mol. The SMILES string of the molecule is Cc1cc(Br)cnc1NCC1(CCl)CC1. The molecule has 1 aromatic rings. The maximum atomic E-state index is 5.92. The molecule has 4 heteroatoms. The van der Waals surface area contributed by atoms with Gasteiger partial charge in [-0.25, -0.2) is 4.98 Å². The summed E-state index contributed by atoms with van der Waals surface area (Å²) in [4.78, 5) is 4.34. The van der Waals surface area contributed by atoms with Crippen LogP contribution in [0.15, 0.2) is 16.7 Å². The zero-order valence-electron chi connectivity index (χ0n) is 8.69. The molecule has 0 amide bonds. The molecule has 0 spiro atoms. The van der Waals surface area contributed by atoms with Crippen LogP contribution in [-0.4, -0.2) is 17.4 Å². The van der Waals surface area contributed by atoms with Crippen molar-refractivity contribution in [3.8, 4) is 0 Å². The number of alkyl halides is 1. The van der Waals surface area contributed by atoms with Crippen molar-refractivity contribution in [3.05, 3.63) is 22.3 Å². The minimum atomic E-state index is 0.336. The highest BCUT2D eigenvalue weighted by Gasteiger charge is 2.41. The summed E-state index contributed by atoms with van der Waals surface area (Å²) in [5, 5.41) is 3.38. The van der Waals surface area contributed by atoms with E-state index >= 15 is 0 Å². The van der Waals surface area contributed by atoms with Crippen molar-refractivity contribution < 1.29 is 0 Å². The molecule has 0 atom stereocenters. The Bertz CT molecular complexity index is 364. The molecule has 1 saturated carbocycles. The lowest BCUT2D eigenvalue weighted by Gasteiger charge is -2.14. The number of nitrogens with zero attached hydrogens (tertiary/aromatic N) is 1. The van der Waals surface area contributed by atoms with Crippen molar-refractivity contribution in [1.29, 1.82) is 0 Å². The van der Waals surface area contributed by atoms with Crippen LogP contribution < -0.4 is 5.32 Å². The zero-order valence-corrected chi connectivity index (χ0v) is 11.0. The molecular formula is C11H14BrClN2. The average molecular weight is 290 g/mol. The molecule has 2 nitrogen and oxygen atoms in total. The molecule has 0 aliphatic heterocycles. The topological polar surface area (TPSA) is 24.9 Å². The minimum Gasteiger partial charge on any atom is -0.369 e. The van der Waals surface area contributed by atoms with E-state index in [4.69, 9.17) is 11.6 Å². The predicted octanol–water partition coefficient (Wildman–Crippen LogP) is 3.58. The number of aryl methyl sites for hydroxylation is 1. The first kappa shape index (κ1) is 11.2. The second kappa shape index (κ2) is 4.30. The van der Waals surface area contributed by atoms with E-state index in [0.717, 1.165) is 28.3 Å². The van der Waals surface area contributed by atoms with Gasteiger partial charge >= 0.3 is 0 Å². The van der Waals surface area contributed by atoms with Gasteiger partial charge in [-0.15, -0.1) is 11.6 Å². The standard InChI is InChI=1S/C11H14BrClN2/c1-8-4-9(12)5-14-10(8)15-7-11(6-13)2-3-11/h4-5H,2-3,6-7H2,1H3,(H,14,15). The molecule has 0 aromatic carbocycles. The maximum absolute atomic E-state index is 5.92. The fourth-order valence-corrected chi connectivity index (χ4v) is 2.34. The number of rotatable bonds is 4. The first-order valence-electron chi connectivity index (χ1n) is 5.07. The molecule has 1 N–H and O–H groups in total. The van der Waals surface area contributed by atoms with E-state index < -0.39 is 0 Å². The molecule has 1 aliphatic carbocycles. The second-order valence-corrected chi connectivity index (χ2v) is 5.49. The highest BCUT2D eigenvalue weighted by molar-refractivity contribution is 9.10. The molecule has 82 valence electrons. The van der Waals surface area contributed by atoms with Crippen LogP contribution in [0.2, 0.25) is 0 Å². The van der Waals surface area contributed by atoms with Crippen molar-refractivity contribution in [1.82, 2.24) is 4.98 Å². The van der Waals surface area contributed by atoms with Gasteiger partial charge in [0.2, 0.25) is 0 Å². The highest BCUT2D eigenvalue weighted by atomic mass is 79.9. The largest absolute Gasteiger partial charge is 0.369 e. The smallest absolute Gasteiger partial charge is 0.128 e. The normalized spacial score (nSPS) is 17.5. The number of halogens is 2. The van der Waals surface area contributed by atoms with E-state index in [2.05, 4.69) is 39.2 Å². The van der Waals surface area contributed by atoms with Gasteiger partial charge in [-0.1, -0.05) is 0 Å². The number of aromatic nitrogens is 1. The van der Waals surface area contributed by atoms with Gasteiger partial charge < -0.3 is 5.32 Å². The van der Waals surface area contributed by atoms with Gasteiger partial charge in [-0.2, -0.15) is 0 Å². The summed E-state index contributed by atoms with van der Waals surface area (Å²) in [7, 11) is 0. The van der Waals surface area contributed by atoms with Crippen molar-refractivity contribution >= 4 is 33.3 Å². The summed E-state index contributed by atoms with van der Waals surface area (Å²) >= 11 is 9.32. The molecule has 1 fully saturated rings. The monoisotopic (exact) mass is 288 g/mol. The summed E-state index contributed by atoms with van der Waals surface area (Å²) in [6, 6.07) is 2.07. The third-order valence-electron chi connectivity index (χ3n) is 2.92. The number of anilines is 1. The van der Waals surface area contributed by atoms with Crippen LogP contribution in [-0.2, 0) is 0 Å². The van der Waals surface area contributed by atoms with E-state index in [1.165, 1.54) is 12.8 Å². The van der Waals surface area contributed by atoms with Gasteiger partial charge in [-0.3, -0.25) is 0 Å². The summed E-state index contributed by atoms with van der Waals surface area (Å²) in [5.41, 5.74) is 1.50. The molecule has 0 unspecified atom stereocenters. The van der Waals surface area contributed by atoms with E-state index in [9.17, 15) is 0 Å². The van der Waals surface area contributed by atoms with Crippen LogP contribution >= 0.6 is 27.5 Å². The lowest BCUT2D eigenvalue weighted by atomic mass is 10.1. The Morgan fingerprint density at radius 1 is 1.60 bits per heavy atom. The van der Waals surface area contributed by atoms with E-state index in [0.29, 0.717) is 5.41 Å². The highest BCUT2D eigenvalue weighted by Crippen LogP contribution is 2.46. The van der Waals surface area contributed by atoms with Crippen molar-refractivity contribution in [3.63, 3.8) is 0 Å². The third-order valence-corrected chi connectivity index (χ3v) is 3.92. The van der Waals surface area contributed by atoms with Crippen LogP contribution in [0, 0.1) is 12.3 Å². The van der Waals surface area contributed by atoms with Gasteiger partial charge in [-0.05, 0) is 47.3 Å². The molecule has 0 radical (unpaired) electrons. The molecule has 0 saturated heterocycles. The van der Waals surface area contributed by atoms with Gasteiger partial charge in [0.1, 0.15) is 5.82 Å². The van der Waals surface area contributed by atoms with Crippen LogP contribution in [0.5, 0.6) is 0 Å². The van der Waals surface area contributed by atoms with Gasteiger partial charge in [0, 0.05) is 28.5 Å². The fourth-order valence-electron chi connectivity index (χ4n) is 1.53. The number of hydrogen-bond donors (Lipinski definition) is 1. The quantitative estimate of drug-likeness (QED) is 0.857. The molecular weight excluding hydrogens is 275 g/mol. The van der Waals surface area contributed by atoms with Crippen molar-refractivity contribution in [2.45, 2.75) is 19.8 Å². The Labute approximate surface area is 104 Å². The number of nitrogens with one attached hydrogen (secondary N) is 1. The van der Waals surface area contributed by atoms with Crippen molar-refractivity contribution in [2.75, 3.05) is 17.7 Å². The van der Waals surface area contributed by atoms with Crippen molar-refractivity contribution in [2.24, 2.45) is 5.41 Å². The van der Waals surface area contributed by atoms with Gasteiger partial charge in [0.25, 0.3) is 0 Å². The van der Waals surface area contributed by atoms with Gasteiger partial charge in [0.15, 0.2) is 0 Å². The van der Waals surface area contributed by atoms with Gasteiger partial charge in [0.05, 0.1) is 0 Å². The molecule has 2 rings (SSSR count). The minimum absolute atomic E-state index is 0.336. The molecule has 1 aromatic heterocycles. The third kappa shape index (κ3) is 2.64. The van der Waals surface area contributed by atoms with Crippen LogP contribution in [0.1, 0.15) is 18.4 Å². The van der Waals surface area contributed by atoms with E-state index in [-0.39, 0.29) is 0 Å². The average Bonchev–Trinajstić information content (AvgIpc) is 2.97. The second-order valence-electron chi connectivity index (χ2n) is 4.31. The number of pyridine rings is 1. The summed E-state index contributed by atoms with van der Waals surface area (Å²) in [6.07, 6.45) is 4.29. The van der Waals surface area contributed by atoms with Crippen LogP contribution in [0.4, 0.5) is 5.82 Å². The Hall–Kier alpha value is -0.280. The lowest BCUT2D eigenvalue weighted by Crippen LogP contribution is -2.17. The summed E-state index contributed by atoms with van der Waals surface area (Å²) < 4.78 is 1.02. The van der Waals surface area contributed by atoms with E-state index in [1.807, 2.05) is 6.20 Å². The lowest BCUT2D eigenvalue weighted by molar-refractivity contribution is 0.617. The first-order valence-corrected chi connectivity index (χ1v) is 6.40. The maximum Gasteiger partial charge on any atom is 0.128 e. The fraction of sp³-hybridized carbons (Fsp3) is 0.545. The molecule has 1 aliphatic rings. The Balaban J connectivity index is 1.99.